The summed E-state index contributed by atoms with van der Waals surface area (Å²) >= 11 is 3.36. The summed E-state index contributed by atoms with van der Waals surface area (Å²) in [7, 11) is 0. The Kier molecular flexibility index (Phi) is 2.64. The molecule has 0 bridgehead atoms. The van der Waals surface area contributed by atoms with Gasteiger partial charge in [0.1, 0.15) is 5.75 Å². The van der Waals surface area contributed by atoms with Gasteiger partial charge in [-0.3, -0.25) is 4.98 Å². The lowest BCUT2D eigenvalue weighted by atomic mass is 10.2. The number of benzene rings is 1. The third-order valence-electron chi connectivity index (χ3n) is 2.92. The summed E-state index contributed by atoms with van der Waals surface area (Å²) in [6, 6.07) is 4.09. The highest BCUT2D eigenvalue weighted by Crippen LogP contribution is 2.39. The zero-order chi connectivity index (χ0) is 13.5. The summed E-state index contributed by atoms with van der Waals surface area (Å²) in [5.74, 6) is 1.30. The molecule has 0 N–H and O–H groups in total. The zero-order valence-corrected chi connectivity index (χ0v) is 12.2. The van der Waals surface area contributed by atoms with Gasteiger partial charge in [0.25, 0.3) is 0 Å². The van der Waals surface area contributed by atoms with Crippen molar-refractivity contribution >= 4 is 43.0 Å². The van der Waals surface area contributed by atoms with Crippen LogP contribution >= 0.6 is 22.7 Å². The van der Waals surface area contributed by atoms with Gasteiger partial charge in [0.15, 0.2) is 0 Å². The van der Waals surface area contributed by atoms with Crippen LogP contribution in [-0.4, -0.2) is 15.0 Å². The Morgan fingerprint density at radius 2 is 2.20 bits per heavy atom. The molecule has 0 saturated heterocycles. The minimum atomic E-state index is 0.501. The first-order valence-corrected chi connectivity index (χ1v) is 7.72. The molecule has 20 heavy (non-hydrogen) atoms. The monoisotopic (exact) mass is 299 g/mol. The van der Waals surface area contributed by atoms with E-state index < -0.39 is 0 Å². The van der Waals surface area contributed by atoms with Crippen LogP contribution < -0.4 is 4.74 Å². The SMILES string of the molecule is Cc1nc2c(cc(Oc3cnccn3)c3ccsc32)s1. The van der Waals surface area contributed by atoms with Gasteiger partial charge in [-0.1, -0.05) is 0 Å². The number of hydrogen-bond acceptors (Lipinski definition) is 6. The van der Waals surface area contributed by atoms with E-state index in [0.29, 0.717) is 5.88 Å². The number of aryl methyl sites for hydroxylation is 1. The number of thiophene rings is 1. The van der Waals surface area contributed by atoms with E-state index in [9.17, 15) is 0 Å². The molecule has 0 radical (unpaired) electrons. The Labute approximate surface area is 122 Å². The van der Waals surface area contributed by atoms with E-state index >= 15 is 0 Å². The molecule has 0 spiro atoms. The largest absolute Gasteiger partial charge is 0.437 e. The van der Waals surface area contributed by atoms with Gasteiger partial charge in [-0.05, 0) is 18.4 Å². The Hall–Kier alpha value is -2.05. The van der Waals surface area contributed by atoms with Crippen LogP contribution in [0, 0.1) is 6.92 Å². The summed E-state index contributed by atoms with van der Waals surface area (Å²) in [5, 5.41) is 4.19. The van der Waals surface area contributed by atoms with E-state index in [1.54, 1.807) is 41.3 Å². The molecule has 1 aromatic carbocycles. The Morgan fingerprint density at radius 1 is 1.25 bits per heavy atom. The summed E-state index contributed by atoms with van der Waals surface area (Å²) < 4.78 is 8.17. The second-order valence-corrected chi connectivity index (χ2v) is 6.41. The molecule has 0 fully saturated rings. The Morgan fingerprint density at radius 3 is 3.05 bits per heavy atom. The molecule has 3 heterocycles. The normalized spacial score (nSPS) is 11.2. The Bertz CT molecular complexity index is 899. The predicted molar refractivity (Wildman–Crippen MR) is 81.8 cm³/mol. The minimum Gasteiger partial charge on any atom is -0.437 e. The molecule has 4 rings (SSSR count). The molecule has 3 aromatic heterocycles. The van der Waals surface area contributed by atoms with Crippen molar-refractivity contribution in [2.45, 2.75) is 6.92 Å². The van der Waals surface area contributed by atoms with Crippen LogP contribution in [-0.2, 0) is 0 Å². The van der Waals surface area contributed by atoms with E-state index in [-0.39, 0.29) is 0 Å². The highest BCUT2D eigenvalue weighted by molar-refractivity contribution is 7.21. The van der Waals surface area contributed by atoms with Gasteiger partial charge in [0.05, 0.1) is 26.1 Å². The molecule has 0 saturated carbocycles. The molecule has 4 aromatic rings. The summed E-state index contributed by atoms with van der Waals surface area (Å²) in [5.41, 5.74) is 1.06. The number of nitrogens with zero attached hydrogens (tertiary/aromatic N) is 3. The maximum absolute atomic E-state index is 5.88. The molecule has 98 valence electrons. The fraction of sp³-hybridized carbons (Fsp3) is 0.0714. The molecular formula is C14H9N3OS2. The summed E-state index contributed by atoms with van der Waals surface area (Å²) in [6.07, 6.45) is 4.86. The zero-order valence-electron chi connectivity index (χ0n) is 10.5. The molecule has 0 aliphatic heterocycles. The topological polar surface area (TPSA) is 47.9 Å². The van der Waals surface area contributed by atoms with Crippen LogP contribution in [0.1, 0.15) is 5.01 Å². The quantitative estimate of drug-likeness (QED) is 0.550. The van der Waals surface area contributed by atoms with Gasteiger partial charge in [-0.15, -0.1) is 22.7 Å². The van der Waals surface area contributed by atoms with Crippen molar-refractivity contribution in [2.75, 3.05) is 0 Å². The lowest BCUT2D eigenvalue weighted by Crippen LogP contribution is -1.88. The molecule has 0 atom stereocenters. The van der Waals surface area contributed by atoms with Gasteiger partial charge in [-0.2, -0.15) is 0 Å². The van der Waals surface area contributed by atoms with Gasteiger partial charge in [-0.25, -0.2) is 9.97 Å². The third-order valence-corrected chi connectivity index (χ3v) is 4.76. The highest BCUT2D eigenvalue weighted by atomic mass is 32.1. The number of fused-ring (bicyclic) bond motifs is 3. The smallest absolute Gasteiger partial charge is 0.237 e. The van der Waals surface area contributed by atoms with E-state index in [0.717, 1.165) is 31.1 Å². The van der Waals surface area contributed by atoms with Crippen molar-refractivity contribution in [1.29, 1.82) is 0 Å². The van der Waals surface area contributed by atoms with Gasteiger partial charge >= 0.3 is 0 Å². The van der Waals surface area contributed by atoms with Crippen LogP contribution in [0.5, 0.6) is 11.6 Å². The minimum absolute atomic E-state index is 0.501. The van der Waals surface area contributed by atoms with Crippen LogP contribution in [0.15, 0.2) is 36.1 Å². The van der Waals surface area contributed by atoms with Crippen molar-refractivity contribution in [3.05, 3.63) is 41.1 Å². The molecule has 4 nitrogen and oxygen atoms in total. The Balaban J connectivity index is 1.94. The van der Waals surface area contributed by atoms with Crippen LogP contribution in [0.4, 0.5) is 0 Å². The fourth-order valence-electron chi connectivity index (χ4n) is 2.12. The lowest BCUT2D eigenvalue weighted by molar-refractivity contribution is 0.466. The molecule has 0 aliphatic rings. The van der Waals surface area contributed by atoms with Crippen molar-refractivity contribution < 1.29 is 4.74 Å². The fourth-order valence-corrected chi connectivity index (χ4v) is 3.96. The first-order chi connectivity index (χ1) is 9.81. The van der Waals surface area contributed by atoms with Crippen LogP contribution in [0.3, 0.4) is 0 Å². The maximum Gasteiger partial charge on any atom is 0.237 e. The van der Waals surface area contributed by atoms with E-state index in [1.165, 1.54) is 0 Å². The van der Waals surface area contributed by atoms with E-state index in [2.05, 4.69) is 26.4 Å². The van der Waals surface area contributed by atoms with Crippen LogP contribution in [0.25, 0.3) is 20.3 Å². The first-order valence-electron chi connectivity index (χ1n) is 6.02. The van der Waals surface area contributed by atoms with E-state index in [1.807, 2.05) is 13.0 Å². The third kappa shape index (κ3) is 1.85. The molecular weight excluding hydrogens is 290 g/mol. The molecule has 0 unspecified atom stereocenters. The lowest BCUT2D eigenvalue weighted by Gasteiger charge is -2.05. The summed E-state index contributed by atoms with van der Waals surface area (Å²) in [4.78, 5) is 12.8. The standard InChI is InChI=1S/C14H9N3OS2/c1-8-17-13-11(20-8)6-10(9-2-5-19-14(9)13)18-12-7-15-3-4-16-12/h2-7H,1H3. The number of rotatable bonds is 2. The maximum atomic E-state index is 5.88. The number of ether oxygens (including phenoxy) is 1. The van der Waals surface area contributed by atoms with Gasteiger partial charge in [0, 0.05) is 23.8 Å². The van der Waals surface area contributed by atoms with Crippen molar-refractivity contribution in [2.24, 2.45) is 0 Å². The second-order valence-electron chi connectivity index (χ2n) is 4.26. The number of hydrogen-bond donors (Lipinski definition) is 0. The first kappa shape index (κ1) is 11.7. The molecule has 0 aliphatic carbocycles. The van der Waals surface area contributed by atoms with Gasteiger partial charge in [0.2, 0.25) is 5.88 Å². The molecule has 0 amide bonds. The average molecular weight is 299 g/mol. The average Bonchev–Trinajstić information content (AvgIpc) is 3.05. The predicted octanol–water partition coefficient (Wildman–Crippen LogP) is 4.40. The second kappa shape index (κ2) is 4.50. The van der Waals surface area contributed by atoms with Crippen molar-refractivity contribution in [3.63, 3.8) is 0 Å². The van der Waals surface area contributed by atoms with Crippen LogP contribution in [0.2, 0.25) is 0 Å². The van der Waals surface area contributed by atoms with Gasteiger partial charge < -0.3 is 4.74 Å². The highest BCUT2D eigenvalue weighted by Gasteiger charge is 2.13. The van der Waals surface area contributed by atoms with E-state index in [4.69, 9.17) is 4.74 Å². The summed E-state index contributed by atoms with van der Waals surface area (Å²) in [6.45, 7) is 2.02. The van der Waals surface area contributed by atoms with Crippen molar-refractivity contribution in [3.8, 4) is 11.6 Å². The molecule has 6 heteroatoms. The number of thiazole rings is 1. The number of aromatic nitrogens is 3. The van der Waals surface area contributed by atoms with Crippen molar-refractivity contribution in [1.82, 2.24) is 15.0 Å².